The van der Waals surface area contributed by atoms with Crippen LogP contribution in [-0.2, 0) is 6.54 Å². The molecule has 0 aliphatic rings. The summed E-state index contributed by atoms with van der Waals surface area (Å²) in [4.78, 5) is 16.1. The van der Waals surface area contributed by atoms with Crippen molar-refractivity contribution in [1.82, 2.24) is 15.5 Å². The van der Waals surface area contributed by atoms with Gasteiger partial charge in [0.2, 0.25) is 5.89 Å². The van der Waals surface area contributed by atoms with Gasteiger partial charge in [-0.15, -0.1) is 0 Å². The number of rotatable bonds is 3. The van der Waals surface area contributed by atoms with Gasteiger partial charge in [-0.05, 0) is 12.1 Å². The van der Waals surface area contributed by atoms with Gasteiger partial charge in [-0.25, -0.2) is 0 Å². The number of nitrogens with one attached hydrogen (secondary N) is 1. The van der Waals surface area contributed by atoms with E-state index in [1.807, 2.05) is 0 Å². The van der Waals surface area contributed by atoms with Gasteiger partial charge in [0, 0.05) is 12.5 Å². The van der Waals surface area contributed by atoms with Gasteiger partial charge in [0.05, 0.1) is 12.1 Å². The van der Waals surface area contributed by atoms with Crippen molar-refractivity contribution in [1.29, 1.82) is 0 Å². The molecule has 0 bridgehead atoms. The monoisotopic (exact) mass is 271 g/mol. The molecule has 2 rings (SSSR count). The summed E-state index contributed by atoms with van der Waals surface area (Å²) in [6, 6.07) is 6.91. The molecular weight excluding hydrogens is 258 g/mol. The predicted molar refractivity (Wildman–Crippen MR) is 70.6 cm³/mol. The molecule has 1 aromatic carbocycles. The molecule has 0 atom stereocenters. The summed E-state index contributed by atoms with van der Waals surface area (Å²) in [5.41, 5.74) is 0.997. The highest BCUT2D eigenvalue weighted by Crippen LogP contribution is 2.07. The van der Waals surface area contributed by atoms with Crippen molar-refractivity contribution in [2.75, 3.05) is 6.61 Å². The van der Waals surface area contributed by atoms with Crippen LogP contribution >= 0.6 is 0 Å². The van der Waals surface area contributed by atoms with E-state index in [9.17, 15) is 4.79 Å². The van der Waals surface area contributed by atoms with Crippen molar-refractivity contribution in [2.24, 2.45) is 0 Å². The molecule has 0 saturated heterocycles. The number of benzene rings is 1. The molecule has 0 aliphatic heterocycles. The number of aromatic nitrogens is 2. The number of carbonyl (C=O) groups is 1. The molecular formula is C14H13N3O3. The third-order valence-electron chi connectivity index (χ3n) is 2.45. The van der Waals surface area contributed by atoms with Gasteiger partial charge >= 0.3 is 0 Å². The Bertz CT molecular complexity index is 668. The van der Waals surface area contributed by atoms with Crippen LogP contribution in [0.5, 0.6) is 0 Å². The zero-order valence-electron chi connectivity index (χ0n) is 10.9. The predicted octanol–water partition coefficient (Wildman–Crippen LogP) is 0.652. The van der Waals surface area contributed by atoms with Gasteiger partial charge in [-0.3, -0.25) is 4.79 Å². The molecule has 20 heavy (non-hydrogen) atoms. The molecule has 1 heterocycles. The maximum absolute atomic E-state index is 12.1. The van der Waals surface area contributed by atoms with Crippen LogP contribution < -0.4 is 5.32 Å². The summed E-state index contributed by atoms with van der Waals surface area (Å²) in [6.07, 6.45) is 0. The lowest BCUT2D eigenvalue weighted by Gasteiger charge is -2.04. The fourth-order valence-corrected chi connectivity index (χ4v) is 1.59. The van der Waals surface area contributed by atoms with E-state index in [1.165, 1.54) is 0 Å². The quantitative estimate of drug-likeness (QED) is 0.800. The first-order valence-electron chi connectivity index (χ1n) is 5.97. The molecule has 0 aliphatic carbocycles. The fraction of sp³-hybridized carbons (Fsp3) is 0.214. The third kappa shape index (κ3) is 3.43. The number of aliphatic hydroxyl groups is 1. The Morgan fingerprint density at radius 1 is 1.45 bits per heavy atom. The molecule has 0 spiro atoms. The highest BCUT2D eigenvalue weighted by atomic mass is 16.5. The third-order valence-corrected chi connectivity index (χ3v) is 2.45. The van der Waals surface area contributed by atoms with Crippen molar-refractivity contribution in [2.45, 2.75) is 13.5 Å². The highest BCUT2D eigenvalue weighted by Gasteiger charge is 2.10. The molecule has 1 aromatic heterocycles. The fourth-order valence-electron chi connectivity index (χ4n) is 1.59. The van der Waals surface area contributed by atoms with Crippen LogP contribution in [0.3, 0.4) is 0 Å². The van der Waals surface area contributed by atoms with Crippen molar-refractivity contribution >= 4 is 5.91 Å². The van der Waals surface area contributed by atoms with E-state index in [2.05, 4.69) is 27.3 Å². The maximum Gasteiger partial charge on any atom is 0.252 e. The van der Waals surface area contributed by atoms with Crippen LogP contribution in [0.1, 0.15) is 27.6 Å². The van der Waals surface area contributed by atoms with Crippen molar-refractivity contribution in [3.05, 3.63) is 47.1 Å². The molecule has 0 saturated carbocycles. The van der Waals surface area contributed by atoms with Crippen molar-refractivity contribution in [3.8, 4) is 11.8 Å². The number of hydrogen-bond donors (Lipinski definition) is 2. The van der Waals surface area contributed by atoms with E-state index in [1.54, 1.807) is 31.2 Å². The van der Waals surface area contributed by atoms with Crippen LogP contribution in [0.15, 0.2) is 28.8 Å². The Morgan fingerprint density at radius 3 is 2.95 bits per heavy atom. The number of aliphatic hydroxyl groups excluding tert-OH is 1. The lowest BCUT2D eigenvalue weighted by molar-refractivity contribution is 0.0949. The van der Waals surface area contributed by atoms with E-state index in [0.29, 0.717) is 22.8 Å². The average Bonchev–Trinajstić information content (AvgIpc) is 2.88. The van der Waals surface area contributed by atoms with E-state index >= 15 is 0 Å². The molecule has 0 unspecified atom stereocenters. The summed E-state index contributed by atoms with van der Waals surface area (Å²) in [7, 11) is 0. The van der Waals surface area contributed by atoms with E-state index in [-0.39, 0.29) is 19.1 Å². The number of aryl methyl sites for hydroxylation is 1. The largest absolute Gasteiger partial charge is 0.384 e. The number of carbonyl (C=O) groups excluding carboxylic acids is 1. The summed E-state index contributed by atoms with van der Waals surface area (Å²) in [6.45, 7) is 1.61. The molecule has 102 valence electrons. The SMILES string of the molecule is Cc1nc(CNC(=O)c2ccccc2C#CCO)no1. The number of nitrogens with zero attached hydrogens (tertiary/aromatic N) is 2. The first kappa shape index (κ1) is 13.8. The highest BCUT2D eigenvalue weighted by molar-refractivity contribution is 5.96. The van der Waals surface area contributed by atoms with Crippen molar-refractivity contribution < 1.29 is 14.4 Å². The molecule has 6 nitrogen and oxygen atoms in total. The van der Waals surface area contributed by atoms with E-state index < -0.39 is 0 Å². The average molecular weight is 271 g/mol. The van der Waals surface area contributed by atoms with E-state index in [4.69, 9.17) is 9.63 Å². The van der Waals surface area contributed by atoms with Crippen molar-refractivity contribution in [3.63, 3.8) is 0 Å². The Hall–Kier alpha value is -2.65. The Labute approximate surface area is 115 Å². The first-order chi connectivity index (χ1) is 9.70. The lowest BCUT2D eigenvalue weighted by atomic mass is 10.1. The molecule has 1 amide bonds. The van der Waals surface area contributed by atoms with E-state index in [0.717, 1.165) is 0 Å². The van der Waals surface area contributed by atoms with Crippen LogP contribution in [0.2, 0.25) is 0 Å². The molecule has 2 N–H and O–H groups in total. The normalized spacial score (nSPS) is 9.70. The minimum Gasteiger partial charge on any atom is -0.384 e. The van der Waals surface area contributed by atoms with Gasteiger partial charge in [0.15, 0.2) is 5.82 Å². The molecule has 2 aromatic rings. The Kier molecular flexibility index (Phi) is 4.47. The van der Waals surface area contributed by atoms with Gasteiger partial charge in [-0.2, -0.15) is 4.98 Å². The molecule has 0 radical (unpaired) electrons. The Morgan fingerprint density at radius 2 is 2.25 bits per heavy atom. The van der Waals surface area contributed by atoms with Crippen LogP contribution in [0.25, 0.3) is 0 Å². The zero-order chi connectivity index (χ0) is 14.4. The summed E-state index contributed by atoms with van der Waals surface area (Å²) in [5.74, 6) is 5.84. The first-order valence-corrected chi connectivity index (χ1v) is 5.97. The minimum absolute atomic E-state index is 0.179. The van der Waals surface area contributed by atoms with Crippen LogP contribution in [0.4, 0.5) is 0 Å². The zero-order valence-corrected chi connectivity index (χ0v) is 10.9. The molecule has 0 fully saturated rings. The summed E-state index contributed by atoms with van der Waals surface area (Å²) >= 11 is 0. The standard InChI is InChI=1S/C14H13N3O3/c1-10-16-13(17-20-10)9-15-14(19)12-7-3-2-5-11(12)6-4-8-18/h2-3,5,7,18H,8-9H2,1H3,(H,15,19). The smallest absolute Gasteiger partial charge is 0.252 e. The summed E-state index contributed by atoms with van der Waals surface area (Å²) in [5, 5.41) is 15.1. The van der Waals surface area contributed by atoms with Crippen LogP contribution in [-0.4, -0.2) is 27.8 Å². The maximum atomic E-state index is 12.1. The molecule has 6 heteroatoms. The summed E-state index contributed by atoms with van der Waals surface area (Å²) < 4.78 is 4.82. The second-order valence-electron chi connectivity index (χ2n) is 3.92. The Balaban J connectivity index is 2.09. The number of hydrogen-bond acceptors (Lipinski definition) is 5. The second kappa shape index (κ2) is 6.50. The topological polar surface area (TPSA) is 88.2 Å². The van der Waals surface area contributed by atoms with Gasteiger partial charge in [0.25, 0.3) is 5.91 Å². The number of amides is 1. The second-order valence-corrected chi connectivity index (χ2v) is 3.92. The minimum atomic E-state index is -0.282. The van der Waals surface area contributed by atoms with Gasteiger partial charge in [0.1, 0.15) is 6.61 Å². The lowest BCUT2D eigenvalue weighted by Crippen LogP contribution is -2.24. The van der Waals surface area contributed by atoms with Crippen LogP contribution in [0, 0.1) is 18.8 Å². The van der Waals surface area contributed by atoms with Gasteiger partial charge in [-0.1, -0.05) is 29.1 Å². The van der Waals surface area contributed by atoms with Gasteiger partial charge < -0.3 is 14.9 Å².